The molecule has 22 heteroatoms. The smallest absolute Gasteiger partial charge is 0.414 e. The highest BCUT2D eigenvalue weighted by atomic mass is 127. The maximum atomic E-state index is 12.3. The lowest BCUT2D eigenvalue weighted by Gasteiger charge is -2.24. The highest BCUT2D eigenvalue weighted by molar-refractivity contribution is 14.1. The average Bonchev–Trinajstić information content (AvgIpc) is 1.72. The van der Waals surface area contributed by atoms with Gasteiger partial charge in [0, 0.05) is 73.3 Å². The Kier molecular flexibility index (Phi) is 26.1. The maximum Gasteiger partial charge on any atom is 0.414 e. The molecule has 0 spiro atoms. The third kappa shape index (κ3) is 20.3. The van der Waals surface area contributed by atoms with E-state index in [1.165, 1.54) is 10.5 Å². The van der Waals surface area contributed by atoms with Gasteiger partial charge < -0.3 is 30.7 Å². The molecule has 2 unspecified atom stereocenters. The van der Waals surface area contributed by atoms with Gasteiger partial charge in [0.25, 0.3) is 17.1 Å². The van der Waals surface area contributed by atoms with Crippen LogP contribution in [0.3, 0.4) is 0 Å². The molecular formula is C77H76Br2IN9O10. The van der Waals surface area contributed by atoms with E-state index in [0.29, 0.717) is 61.2 Å². The number of nitriles is 1. The van der Waals surface area contributed by atoms with Gasteiger partial charge in [-0.2, -0.15) is 5.26 Å². The summed E-state index contributed by atoms with van der Waals surface area (Å²) in [6.45, 7) is 14.5. The molecule has 3 heterocycles. The van der Waals surface area contributed by atoms with Crippen LogP contribution in [0.2, 0.25) is 0 Å². The number of ether oxygens (including phenoxy) is 2. The third-order valence-corrected chi connectivity index (χ3v) is 18.2. The molecule has 0 aromatic heterocycles. The number of likely N-dealkylation sites (tertiary alicyclic amines) is 2. The Bertz CT molecular complexity index is 4380. The van der Waals surface area contributed by atoms with Crippen molar-refractivity contribution in [3.63, 3.8) is 0 Å². The van der Waals surface area contributed by atoms with Crippen molar-refractivity contribution in [1.29, 1.82) is 5.26 Å². The Balaban J connectivity index is 0.000000162. The van der Waals surface area contributed by atoms with E-state index in [1.807, 2.05) is 153 Å². The Morgan fingerprint density at radius 3 is 1.31 bits per heavy atom. The van der Waals surface area contributed by atoms with Crippen molar-refractivity contribution < 1.29 is 33.8 Å². The minimum Gasteiger partial charge on any atom is -0.444 e. The number of amides is 2. The number of carbonyl (C=O) groups is 2. The zero-order valence-corrected chi connectivity index (χ0v) is 60.9. The highest BCUT2D eigenvalue weighted by Gasteiger charge is 2.33. The molecule has 2 atom stereocenters. The second kappa shape index (κ2) is 34.5. The summed E-state index contributed by atoms with van der Waals surface area (Å²) in [4.78, 5) is 61.7. The molecule has 4 N–H and O–H groups in total. The first-order valence-electron chi connectivity index (χ1n) is 31.8. The Labute approximate surface area is 606 Å². The summed E-state index contributed by atoms with van der Waals surface area (Å²) in [7, 11) is 0. The molecule has 3 aliphatic rings. The highest BCUT2D eigenvalue weighted by Crippen LogP contribution is 2.42. The van der Waals surface area contributed by atoms with Gasteiger partial charge in [0.1, 0.15) is 11.2 Å². The standard InChI is InChI=1S/C21H22N2O4.C21H26N2O2.C17H17N3.C12H8BrNO2.C6H3BrINO2/c1-21(2,3)27-20(24)22-13-12-16(14-22)18-11-7-10-17(19(18)23(25)26)15-8-5-4-6-9-15;1-21(2,3)25-20(24)23-13-12-16(14-23)18-11-7-10-17(19(18)22)15-8-5-4-6-9-15;18-12-20-10-9-14(11-20)16-8-4-7-15(17(16)19)13-5-2-1-3-6-13;13-11-8-4-7-10(12(11)14(15)16)9-5-2-1-3-6-9;7-4-2-1-3-5(8)6(4)9(10)11/h4-11,14H,12-13H2,1-3H3;4-11,16H,12-14,22H2,1-3H3;1-8,14H,9-11,19H2;1-8H;1-3H. The van der Waals surface area contributed by atoms with Gasteiger partial charge in [-0.05, 0) is 191 Å². The number of nitrogen functional groups attached to an aromatic ring is 2. The molecule has 12 rings (SSSR count). The zero-order chi connectivity index (χ0) is 71.6. The molecule has 9 aromatic carbocycles. The van der Waals surface area contributed by atoms with E-state index in [-0.39, 0.29) is 38.9 Å². The van der Waals surface area contributed by atoms with Crippen LogP contribution >= 0.6 is 54.5 Å². The van der Waals surface area contributed by atoms with Crippen molar-refractivity contribution in [3.8, 4) is 50.7 Å². The van der Waals surface area contributed by atoms with Gasteiger partial charge in [0.2, 0.25) is 0 Å². The van der Waals surface area contributed by atoms with Crippen molar-refractivity contribution in [2.75, 3.05) is 44.2 Å². The number of nitro benzene ring substituents is 3. The van der Waals surface area contributed by atoms with Crippen LogP contribution in [0.4, 0.5) is 38.0 Å². The van der Waals surface area contributed by atoms with Crippen LogP contribution in [-0.4, -0.2) is 85.6 Å². The van der Waals surface area contributed by atoms with E-state index in [2.05, 4.69) is 92.7 Å². The summed E-state index contributed by atoms with van der Waals surface area (Å²) < 4.78 is 12.5. The molecule has 510 valence electrons. The molecule has 0 radical (unpaired) electrons. The monoisotopic (exact) mass is 1570 g/mol. The molecule has 2 amide bonds. The lowest BCUT2D eigenvalue weighted by Crippen LogP contribution is -2.35. The summed E-state index contributed by atoms with van der Waals surface area (Å²) in [6, 6.07) is 66.9. The molecule has 0 aliphatic carbocycles. The van der Waals surface area contributed by atoms with Gasteiger partial charge in [0.15, 0.2) is 6.19 Å². The number of nitro groups is 3. The molecule has 0 bridgehead atoms. The number of hydrogen-bond acceptors (Lipinski definition) is 14. The fourth-order valence-corrected chi connectivity index (χ4v) is 13.6. The van der Waals surface area contributed by atoms with Crippen LogP contribution in [0, 0.1) is 45.4 Å². The Morgan fingerprint density at radius 1 is 0.495 bits per heavy atom. The fraction of sp³-hybridized carbons (Fsp3) is 0.234. The summed E-state index contributed by atoms with van der Waals surface area (Å²) in [5, 5.41) is 42.2. The van der Waals surface area contributed by atoms with Crippen LogP contribution in [0.1, 0.15) is 89.3 Å². The average molecular weight is 1570 g/mol. The first-order valence-corrected chi connectivity index (χ1v) is 34.5. The fourth-order valence-electron chi connectivity index (χ4n) is 11.5. The lowest BCUT2D eigenvalue weighted by molar-refractivity contribution is -0.386. The molecule has 2 saturated heterocycles. The third-order valence-electron chi connectivity index (χ3n) is 16.1. The van der Waals surface area contributed by atoms with E-state index < -0.39 is 22.2 Å². The number of hydrogen-bond donors (Lipinski definition) is 2. The minimum atomic E-state index is -0.590. The SMILES string of the molecule is CC(C)(C)OC(=O)N1C=C(c2cccc(-c3ccccc3)c2[N+](=O)[O-])CC1.CC(C)(C)OC(=O)N1CCC(c2cccc(-c3ccccc3)c2N)C1.N#CN1CCC(c2cccc(-c3ccccc3)c2N)C1.O=[N+]([O-])c1c(Br)cccc1-c1ccccc1.O=[N+]([O-])c1c(Br)cccc1I. The van der Waals surface area contributed by atoms with Gasteiger partial charge >= 0.3 is 12.2 Å². The Morgan fingerprint density at radius 2 is 0.879 bits per heavy atom. The molecule has 19 nitrogen and oxygen atoms in total. The minimum absolute atomic E-state index is 0.0565. The first kappa shape index (κ1) is 74.8. The summed E-state index contributed by atoms with van der Waals surface area (Å²) in [5.41, 5.74) is 24.5. The number of nitrogens with two attached hydrogens (primary N) is 2. The van der Waals surface area contributed by atoms with Crippen LogP contribution in [-0.2, 0) is 9.47 Å². The van der Waals surface area contributed by atoms with Crippen LogP contribution in [0.15, 0.2) is 227 Å². The van der Waals surface area contributed by atoms with E-state index in [0.717, 1.165) is 81.8 Å². The number of para-hydroxylation sites is 5. The van der Waals surface area contributed by atoms with Crippen LogP contribution < -0.4 is 11.5 Å². The van der Waals surface area contributed by atoms with E-state index >= 15 is 0 Å². The van der Waals surface area contributed by atoms with Gasteiger partial charge in [-0.15, -0.1) is 0 Å². The number of nitrogens with zero attached hydrogens (tertiary/aromatic N) is 7. The van der Waals surface area contributed by atoms with Crippen molar-refractivity contribution in [3.05, 3.63) is 278 Å². The number of benzene rings is 9. The van der Waals surface area contributed by atoms with Gasteiger partial charge in [0.05, 0.1) is 44.0 Å². The second-order valence-corrected chi connectivity index (χ2v) is 28.2. The topological polar surface area (TPSA) is 268 Å². The predicted octanol–water partition coefficient (Wildman–Crippen LogP) is 20.1. The van der Waals surface area contributed by atoms with Crippen molar-refractivity contribution >= 4 is 101 Å². The summed E-state index contributed by atoms with van der Waals surface area (Å²) >= 11 is 8.23. The van der Waals surface area contributed by atoms with Gasteiger partial charge in [-0.1, -0.05) is 176 Å². The summed E-state index contributed by atoms with van der Waals surface area (Å²) in [5.74, 6) is 0.606. The second-order valence-electron chi connectivity index (χ2n) is 25.3. The molecule has 0 saturated carbocycles. The van der Waals surface area contributed by atoms with Crippen molar-refractivity contribution in [1.82, 2.24) is 14.7 Å². The van der Waals surface area contributed by atoms with Crippen LogP contribution in [0.5, 0.6) is 0 Å². The number of anilines is 2. The predicted molar refractivity (Wildman–Crippen MR) is 406 cm³/mol. The number of rotatable bonds is 10. The maximum absolute atomic E-state index is 12.3. The molecule has 3 aliphatic heterocycles. The van der Waals surface area contributed by atoms with E-state index in [1.54, 1.807) is 85.3 Å². The lowest BCUT2D eigenvalue weighted by atomic mass is 9.92. The molecule has 99 heavy (non-hydrogen) atoms. The molecule has 9 aromatic rings. The first-order chi connectivity index (χ1) is 47.2. The largest absolute Gasteiger partial charge is 0.444 e. The molecule has 2 fully saturated rings. The zero-order valence-electron chi connectivity index (χ0n) is 55.6. The number of halogens is 3. The van der Waals surface area contributed by atoms with E-state index in [9.17, 15) is 39.9 Å². The number of carbonyl (C=O) groups excluding carboxylic acids is 2. The van der Waals surface area contributed by atoms with Gasteiger partial charge in [-0.25, -0.2) is 9.59 Å². The molecular weight excluding hydrogens is 1500 g/mol. The van der Waals surface area contributed by atoms with Crippen LogP contribution in [0.25, 0.3) is 50.1 Å². The Hall–Kier alpha value is -9.96. The quantitative estimate of drug-likeness (QED) is 0.0424. The normalized spacial score (nSPS) is 14.6. The van der Waals surface area contributed by atoms with Gasteiger partial charge in [-0.3, -0.25) is 35.2 Å². The van der Waals surface area contributed by atoms with E-state index in [4.69, 9.17) is 26.2 Å². The van der Waals surface area contributed by atoms with Crippen molar-refractivity contribution in [2.45, 2.75) is 83.8 Å². The van der Waals surface area contributed by atoms with Crippen molar-refractivity contribution in [2.24, 2.45) is 0 Å². The summed E-state index contributed by atoms with van der Waals surface area (Å²) in [6.07, 6.45) is 5.63.